The molecule has 0 aromatic carbocycles. The van der Waals surface area contributed by atoms with E-state index in [4.69, 9.17) is 10.8 Å². The summed E-state index contributed by atoms with van der Waals surface area (Å²) in [4.78, 5) is 62.6. The molecule has 4 aromatic rings. The molecule has 0 aliphatic heterocycles. The lowest BCUT2D eigenvalue weighted by Gasteiger charge is -2.11. The minimum absolute atomic E-state index is 0.0129. The van der Waals surface area contributed by atoms with Crippen molar-refractivity contribution in [1.82, 2.24) is 65.1 Å². The lowest BCUT2D eigenvalue weighted by atomic mass is 10.2. The van der Waals surface area contributed by atoms with Crippen molar-refractivity contribution in [3.63, 3.8) is 0 Å². The van der Waals surface area contributed by atoms with Crippen LogP contribution in [0.15, 0.2) is 6.33 Å². The Balaban J connectivity index is 1.20. The molecule has 0 unspecified atom stereocenters. The van der Waals surface area contributed by atoms with Crippen LogP contribution in [-0.2, 0) is 17.8 Å². The lowest BCUT2D eigenvalue weighted by Crippen LogP contribution is -2.24. The third-order valence-corrected chi connectivity index (χ3v) is 6.70. The average Bonchev–Trinajstić information content (AvgIpc) is 3.11. The highest BCUT2D eigenvalue weighted by atomic mass is 32.1. The van der Waals surface area contributed by atoms with Gasteiger partial charge in [0.15, 0.2) is 0 Å². The third-order valence-electron chi connectivity index (χ3n) is 6.47. The van der Waals surface area contributed by atoms with Crippen LogP contribution in [-0.4, -0.2) is 129 Å². The van der Waals surface area contributed by atoms with Crippen LogP contribution < -0.4 is 48.3 Å². The number of aromatic nitrogens is 12. The SMILES string of the molecule is CCNc1nc(NCCS)nc(NCCNc2ncnc(CNCCNc3nc(CCCC(=O)O)nc(NCCNc4nc(C)nc(N)n4)n3)n2)n1. The van der Waals surface area contributed by atoms with Crippen molar-refractivity contribution in [3.05, 3.63) is 23.8 Å². The van der Waals surface area contributed by atoms with Crippen molar-refractivity contribution >= 4 is 66.2 Å². The molecule has 4 rings (SSSR count). The Labute approximate surface area is 305 Å². The van der Waals surface area contributed by atoms with Gasteiger partial charge in [-0.1, -0.05) is 0 Å². The van der Waals surface area contributed by atoms with Crippen LogP contribution >= 0.6 is 12.6 Å². The first-order valence-corrected chi connectivity index (χ1v) is 17.3. The van der Waals surface area contributed by atoms with Gasteiger partial charge in [-0.05, 0) is 20.3 Å². The first-order chi connectivity index (χ1) is 25.3. The first kappa shape index (κ1) is 39.0. The number of carboxylic acid groups (broad SMARTS) is 1. The Morgan fingerprint density at radius 1 is 0.654 bits per heavy atom. The number of nitrogens with zero attached hydrogens (tertiary/aromatic N) is 12. The quantitative estimate of drug-likeness (QED) is 0.0308. The molecular weight excluding hydrogens is 695 g/mol. The van der Waals surface area contributed by atoms with Crippen molar-refractivity contribution in [2.45, 2.75) is 39.7 Å². The van der Waals surface area contributed by atoms with Crippen LogP contribution in [0.3, 0.4) is 0 Å². The highest BCUT2D eigenvalue weighted by Crippen LogP contribution is 2.10. The van der Waals surface area contributed by atoms with Gasteiger partial charge >= 0.3 is 5.97 Å². The average molecular weight is 740 g/mol. The van der Waals surface area contributed by atoms with Gasteiger partial charge < -0.3 is 53.4 Å². The summed E-state index contributed by atoms with van der Waals surface area (Å²) in [5, 5.41) is 34.3. The van der Waals surface area contributed by atoms with E-state index in [1.165, 1.54) is 6.33 Å². The van der Waals surface area contributed by atoms with Gasteiger partial charge in [0.05, 0.1) is 6.54 Å². The van der Waals surface area contributed by atoms with E-state index in [2.05, 4.69) is 115 Å². The van der Waals surface area contributed by atoms with Crippen molar-refractivity contribution < 1.29 is 9.90 Å². The largest absolute Gasteiger partial charge is 0.481 e. The van der Waals surface area contributed by atoms with Crippen LogP contribution in [0, 0.1) is 6.92 Å². The second-order valence-electron chi connectivity index (χ2n) is 10.7. The standard InChI is InChI=1S/C28H45N21O2S/c1-3-31-23-46-27(49-28(47-23)37-13-14-52)36-10-9-32-22-39-16-38-19(44-22)15-30-7-8-33-25-42-18(5-4-6-20(50)51)43-26(48-25)35-12-11-34-24-41-17(2)40-21(29)45-24/h16,30,52H,3-15H2,1-2H3,(H,50,51)(H,32,38,39,44)(H3,29,34,40,41,45)(H2,33,35,42,43,48)(H3,31,36,37,46,47,49). The molecular formula is C28H45N21O2S. The number of carboxylic acids is 1. The van der Waals surface area contributed by atoms with Gasteiger partial charge in [-0.25, -0.2) is 9.97 Å². The highest BCUT2D eigenvalue weighted by molar-refractivity contribution is 7.80. The minimum Gasteiger partial charge on any atom is -0.481 e. The molecule has 0 aliphatic carbocycles. The number of anilines is 8. The van der Waals surface area contributed by atoms with E-state index in [1.807, 2.05) is 6.92 Å². The van der Waals surface area contributed by atoms with Crippen molar-refractivity contribution in [3.8, 4) is 0 Å². The molecule has 0 amide bonds. The van der Waals surface area contributed by atoms with E-state index in [1.54, 1.807) is 6.92 Å². The molecule has 280 valence electrons. The van der Waals surface area contributed by atoms with Gasteiger partial charge in [0, 0.05) is 71.0 Å². The van der Waals surface area contributed by atoms with E-state index >= 15 is 0 Å². The van der Waals surface area contributed by atoms with Crippen molar-refractivity contribution in [2.75, 3.05) is 101 Å². The van der Waals surface area contributed by atoms with E-state index in [0.717, 1.165) is 0 Å². The molecule has 0 saturated heterocycles. The first-order valence-electron chi connectivity index (χ1n) is 16.7. The molecule has 0 aliphatic rings. The summed E-state index contributed by atoms with van der Waals surface area (Å²) in [5.74, 6) is 4.35. The maximum Gasteiger partial charge on any atom is 0.303 e. The summed E-state index contributed by atoms with van der Waals surface area (Å²) in [6.07, 6.45) is 2.24. The number of nitrogens with two attached hydrogens (primary N) is 1. The Kier molecular flexibility index (Phi) is 16.1. The maximum atomic E-state index is 11.0. The van der Waals surface area contributed by atoms with Gasteiger partial charge in [0.25, 0.3) is 0 Å². The predicted octanol–water partition coefficient (Wildman–Crippen LogP) is -0.252. The molecule has 4 aromatic heterocycles. The van der Waals surface area contributed by atoms with Gasteiger partial charge in [-0.3, -0.25) is 4.79 Å². The summed E-state index contributed by atoms with van der Waals surface area (Å²) in [6, 6.07) is 0. The fourth-order valence-electron chi connectivity index (χ4n) is 4.27. The highest BCUT2D eigenvalue weighted by Gasteiger charge is 2.10. The molecule has 0 fully saturated rings. The number of hydrogen-bond donors (Lipinski definition) is 11. The monoisotopic (exact) mass is 739 g/mol. The lowest BCUT2D eigenvalue weighted by molar-refractivity contribution is -0.137. The number of nitrogens with one attached hydrogen (secondary N) is 8. The Morgan fingerprint density at radius 3 is 1.75 bits per heavy atom. The number of nitrogen functional groups attached to an aromatic ring is 1. The number of aliphatic carboxylic acids is 1. The Hall–Kier alpha value is -5.78. The fraction of sp³-hybridized carbons (Fsp3) is 0.536. The summed E-state index contributed by atoms with van der Waals surface area (Å²) < 4.78 is 0. The number of thiol groups is 1. The molecule has 24 heteroatoms. The summed E-state index contributed by atoms with van der Waals surface area (Å²) in [5.41, 5.74) is 5.68. The number of rotatable bonds is 25. The maximum absolute atomic E-state index is 11.0. The predicted molar refractivity (Wildman–Crippen MR) is 200 cm³/mol. The van der Waals surface area contributed by atoms with Gasteiger partial charge in [-0.15, -0.1) is 0 Å². The zero-order valence-electron chi connectivity index (χ0n) is 29.0. The van der Waals surface area contributed by atoms with E-state index in [9.17, 15) is 4.79 Å². The Morgan fingerprint density at radius 2 is 1.17 bits per heavy atom. The second kappa shape index (κ2) is 21.4. The molecule has 0 atom stereocenters. The van der Waals surface area contributed by atoms with E-state index < -0.39 is 5.97 Å². The Bertz CT molecular complexity index is 1680. The summed E-state index contributed by atoms with van der Waals surface area (Å²) in [7, 11) is 0. The summed E-state index contributed by atoms with van der Waals surface area (Å²) >= 11 is 4.21. The van der Waals surface area contributed by atoms with Crippen LogP contribution in [0.25, 0.3) is 0 Å². The van der Waals surface area contributed by atoms with Crippen LogP contribution in [0.1, 0.15) is 37.2 Å². The number of hydrogen-bond acceptors (Lipinski definition) is 23. The number of carbonyl (C=O) groups is 1. The van der Waals surface area contributed by atoms with Crippen molar-refractivity contribution in [2.24, 2.45) is 0 Å². The van der Waals surface area contributed by atoms with E-state index in [0.29, 0.717) is 137 Å². The summed E-state index contributed by atoms with van der Waals surface area (Å²) in [6.45, 7) is 8.35. The number of aryl methyl sites for hydroxylation is 2. The molecule has 0 spiro atoms. The molecule has 23 nitrogen and oxygen atoms in total. The van der Waals surface area contributed by atoms with Gasteiger partial charge in [0.1, 0.15) is 23.8 Å². The smallest absolute Gasteiger partial charge is 0.303 e. The second-order valence-corrected chi connectivity index (χ2v) is 11.2. The molecule has 52 heavy (non-hydrogen) atoms. The molecule has 0 saturated carbocycles. The fourth-order valence-corrected chi connectivity index (χ4v) is 4.38. The molecule has 0 radical (unpaired) electrons. The molecule has 11 N–H and O–H groups in total. The van der Waals surface area contributed by atoms with Gasteiger partial charge in [0.2, 0.25) is 47.6 Å². The van der Waals surface area contributed by atoms with Gasteiger partial charge in [-0.2, -0.15) is 62.5 Å². The van der Waals surface area contributed by atoms with Crippen LogP contribution in [0.2, 0.25) is 0 Å². The molecule has 0 bridgehead atoms. The molecule has 4 heterocycles. The van der Waals surface area contributed by atoms with E-state index in [-0.39, 0.29) is 12.4 Å². The van der Waals surface area contributed by atoms with Crippen LogP contribution in [0.4, 0.5) is 47.6 Å². The zero-order chi connectivity index (χ0) is 37.0. The minimum atomic E-state index is -0.878. The van der Waals surface area contributed by atoms with Crippen molar-refractivity contribution in [1.29, 1.82) is 0 Å². The topological polar surface area (TPSA) is 314 Å². The third kappa shape index (κ3) is 14.6. The zero-order valence-corrected chi connectivity index (χ0v) is 29.9. The van der Waals surface area contributed by atoms with Crippen LogP contribution in [0.5, 0.6) is 0 Å². The normalized spacial score (nSPS) is 10.8.